The molecular formula is H2AgAlN2O6+4. The summed E-state index contributed by atoms with van der Waals surface area (Å²) in [7, 11) is 0. The quantitative estimate of drug-likeness (QED) is 0.324. The maximum absolute atomic E-state index is 8.36. The van der Waals surface area contributed by atoms with E-state index >= 15 is 0 Å². The van der Waals surface area contributed by atoms with Crippen molar-refractivity contribution in [3.05, 3.63) is 20.2 Å². The minimum Gasteiger partial charge on any atom is -0.328 e. The first kappa shape index (κ1) is 22.6. The molecule has 10 heteroatoms. The first-order valence-corrected chi connectivity index (χ1v) is 1.13. The van der Waals surface area contributed by atoms with Gasteiger partial charge in [-0.15, -0.1) is 20.2 Å². The van der Waals surface area contributed by atoms with Gasteiger partial charge in [0.2, 0.25) is 0 Å². The fourth-order valence-electron chi connectivity index (χ4n) is 0. The largest absolute Gasteiger partial charge is 3.00 e. The van der Waals surface area contributed by atoms with Crippen molar-refractivity contribution in [1.29, 1.82) is 0 Å². The molecule has 0 bridgehead atoms. The van der Waals surface area contributed by atoms with Gasteiger partial charge in [0.05, 0.1) is 0 Å². The van der Waals surface area contributed by atoms with Gasteiger partial charge in [0, 0.05) is 0 Å². The van der Waals surface area contributed by atoms with Crippen molar-refractivity contribution in [2.24, 2.45) is 0 Å². The van der Waals surface area contributed by atoms with E-state index in [0.717, 1.165) is 0 Å². The summed E-state index contributed by atoms with van der Waals surface area (Å²) in [6.45, 7) is 0. The normalized spacial score (nSPS) is 4.80. The molecule has 2 N–H and O–H groups in total. The van der Waals surface area contributed by atoms with Crippen molar-refractivity contribution in [3.63, 3.8) is 0 Å². The van der Waals surface area contributed by atoms with Gasteiger partial charge in [0.1, 0.15) is 0 Å². The Labute approximate surface area is 80.7 Å². The third kappa shape index (κ3) is 3190. The van der Waals surface area contributed by atoms with Crippen LogP contribution in [0, 0.1) is 20.2 Å². The van der Waals surface area contributed by atoms with E-state index in [2.05, 4.69) is 0 Å². The molecule has 0 aliphatic rings. The monoisotopic (exact) mass is 260 g/mol. The predicted octanol–water partition coefficient (Wildman–Crippen LogP) is -1.08. The van der Waals surface area contributed by atoms with Gasteiger partial charge in [-0.3, -0.25) is 0 Å². The van der Waals surface area contributed by atoms with Crippen molar-refractivity contribution >= 4 is 17.4 Å². The Morgan fingerprint density at radius 1 is 1.00 bits per heavy atom. The van der Waals surface area contributed by atoms with Crippen molar-refractivity contribution in [2.45, 2.75) is 0 Å². The maximum atomic E-state index is 8.36. The molecule has 0 rings (SSSR count). The van der Waals surface area contributed by atoms with Crippen LogP contribution in [0.2, 0.25) is 0 Å². The SMILES string of the molecule is O=[N+]([O-])O.O=[N+]([O-])O.[Ag+].[Al+3]. The molecule has 8 nitrogen and oxygen atoms in total. The molecule has 0 atom stereocenters. The van der Waals surface area contributed by atoms with Gasteiger partial charge in [0.25, 0.3) is 10.2 Å². The molecule has 0 aromatic carbocycles. The van der Waals surface area contributed by atoms with E-state index in [-0.39, 0.29) is 39.7 Å². The standard InChI is InChI=1S/Ag.Al.2HNO3/c;;2*2-1(3)4/h;;2*(H,2,3,4)/q+1;+3;;. The van der Waals surface area contributed by atoms with Crippen LogP contribution in [0.25, 0.3) is 0 Å². The Bertz CT molecular complexity index is 73.7. The average molecular weight is 261 g/mol. The maximum Gasteiger partial charge on any atom is 3.00 e. The second-order valence-corrected chi connectivity index (χ2v) is 0.476. The van der Waals surface area contributed by atoms with E-state index in [1.165, 1.54) is 0 Å². The molecule has 10 heavy (non-hydrogen) atoms. The van der Waals surface area contributed by atoms with E-state index in [0.29, 0.717) is 0 Å². The Hall–Kier alpha value is -0.327. The molecule has 0 aromatic rings. The Balaban J connectivity index is -0.0000000300. The van der Waals surface area contributed by atoms with E-state index in [9.17, 15) is 0 Å². The minimum absolute atomic E-state index is 0. The van der Waals surface area contributed by atoms with E-state index in [1.54, 1.807) is 0 Å². The van der Waals surface area contributed by atoms with Crippen molar-refractivity contribution < 1.29 is 43.0 Å². The zero-order valence-electron chi connectivity index (χ0n) is 4.30. The summed E-state index contributed by atoms with van der Waals surface area (Å²) in [6, 6.07) is 0. The van der Waals surface area contributed by atoms with Gasteiger partial charge in [-0.2, -0.15) is 0 Å². The van der Waals surface area contributed by atoms with Crippen LogP contribution in [-0.2, 0) is 22.4 Å². The smallest absolute Gasteiger partial charge is 0.328 e. The minimum atomic E-state index is -1.50. The topological polar surface area (TPSA) is 127 Å². The number of hydrogen-bond acceptors (Lipinski definition) is 4. The Morgan fingerprint density at radius 2 is 1.00 bits per heavy atom. The molecular weight excluding hydrogens is 259 g/mol. The summed E-state index contributed by atoms with van der Waals surface area (Å²) < 4.78 is 0. The van der Waals surface area contributed by atoms with Crippen LogP contribution < -0.4 is 0 Å². The van der Waals surface area contributed by atoms with Gasteiger partial charge < -0.3 is 10.4 Å². The summed E-state index contributed by atoms with van der Waals surface area (Å²) in [4.78, 5) is 16.7. The zero-order chi connectivity index (χ0) is 7.15. The number of nitrogens with zero attached hydrogens (tertiary/aromatic N) is 2. The van der Waals surface area contributed by atoms with Gasteiger partial charge in [-0.05, 0) is 0 Å². The molecule has 0 spiro atoms. The second kappa shape index (κ2) is 15.9. The van der Waals surface area contributed by atoms with Crippen LogP contribution in [0.15, 0.2) is 0 Å². The molecule has 0 heterocycles. The van der Waals surface area contributed by atoms with E-state index in [4.69, 9.17) is 30.6 Å². The summed E-state index contributed by atoms with van der Waals surface area (Å²) in [5.41, 5.74) is 0. The third-order valence-corrected chi connectivity index (χ3v) is 0. The van der Waals surface area contributed by atoms with Crippen LogP contribution in [0.5, 0.6) is 0 Å². The first-order chi connectivity index (χ1) is 3.46. The summed E-state index contributed by atoms with van der Waals surface area (Å²) in [5.74, 6) is 0. The van der Waals surface area contributed by atoms with E-state index < -0.39 is 10.2 Å². The molecule has 58 valence electrons. The van der Waals surface area contributed by atoms with E-state index in [1.807, 2.05) is 0 Å². The molecule has 0 saturated heterocycles. The molecule has 0 fully saturated rings. The number of rotatable bonds is 0. The molecule has 0 unspecified atom stereocenters. The Kier molecular flexibility index (Phi) is 35.9. The fraction of sp³-hybridized carbons (Fsp3) is 0. The van der Waals surface area contributed by atoms with Crippen molar-refractivity contribution in [2.75, 3.05) is 0 Å². The molecule has 0 radical (unpaired) electrons. The molecule has 0 aromatic heterocycles. The Morgan fingerprint density at radius 3 is 1.00 bits per heavy atom. The molecule has 0 amide bonds. The fourth-order valence-corrected chi connectivity index (χ4v) is 0. The van der Waals surface area contributed by atoms with Crippen LogP contribution in [0.4, 0.5) is 0 Å². The average Bonchev–Trinajstić information content (AvgIpc) is 1.25. The number of hydrogen-bond donors (Lipinski definition) is 2. The first-order valence-electron chi connectivity index (χ1n) is 1.13. The van der Waals surface area contributed by atoms with Crippen LogP contribution in [0.1, 0.15) is 0 Å². The van der Waals surface area contributed by atoms with Gasteiger partial charge in [-0.1, -0.05) is 0 Å². The van der Waals surface area contributed by atoms with Gasteiger partial charge >= 0.3 is 39.7 Å². The van der Waals surface area contributed by atoms with Crippen molar-refractivity contribution in [3.8, 4) is 0 Å². The third-order valence-electron chi connectivity index (χ3n) is 0. The zero-order valence-corrected chi connectivity index (χ0v) is 6.94. The summed E-state index contributed by atoms with van der Waals surface area (Å²) in [5, 5.41) is 27.3. The predicted molar refractivity (Wildman–Crippen MR) is 23.3 cm³/mol. The van der Waals surface area contributed by atoms with Gasteiger partial charge in [-0.25, -0.2) is 0 Å². The molecule has 0 aliphatic heterocycles. The molecule has 0 aliphatic carbocycles. The second-order valence-electron chi connectivity index (χ2n) is 0.476. The summed E-state index contributed by atoms with van der Waals surface area (Å²) >= 11 is 0. The van der Waals surface area contributed by atoms with Crippen molar-refractivity contribution in [1.82, 2.24) is 0 Å². The molecule has 0 saturated carbocycles. The summed E-state index contributed by atoms with van der Waals surface area (Å²) in [6.07, 6.45) is 0. The van der Waals surface area contributed by atoms with Gasteiger partial charge in [0.15, 0.2) is 0 Å². The van der Waals surface area contributed by atoms with Crippen LogP contribution in [-0.4, -0.2) is 37.9 Å². The van der Waals surface area contributed by atoms with Crippen LogP contribution in [0.3, 0.4) is 0 Å². The van der Waals surface area contributed by atoms with Crippen LogP contribution >= 0.6 is 0 Å².